The topological polar surface area (TPSA) is 46.3 Å². The number of anilines is 1. The maximum absolute atomic E-state index is 12.4. The molecular weight excluding hydrogens is 236 g/mol. The number of para-hydroxylation sites is 1. The molecule has 1 saturated carbocycles. The van der Waals surface area contributed by atoms with Gasteiger partial charge in [-0.1, -0.05) is 24.6 Å². The Bertz CT molecular complexity index is 429. The van der Waals surface area contributed by atoms with Crippen molar-refractivity contribution < 1.29 is 4.79 Å². The van der Waals surface area contributed by atoms with Crippen molar-refractivity contribution in [2.45, 2.75) is 32.2 Å². The van der Waals surface area contributed by atoms with E-state index in [1.807, 2.05) is 4.90 Å². The molecule has 2 N–H and O–H groups in total. The zero-order valence-corrected chi connectivity index (χ0v) is 10.7. The molecule has 2 rings (SSSR count). The van der Waals surface area contributed by atoms with E-state index in [9.17, 15) is 4.79 Å². The molecule has 1 aromatic carbocycles. The van der Waals surface area contributed by atoms with Gasteiger partial charge in [0.2, 0.25) is 0 Å². The zero-order chi connectivity index (χ0) is 12.4. The summed E-state index contributed by atoms with van der Waals surface area (Å²) in [6, 6.07) is 5.62. The fourth-order valence-corrected chi connectivity index (χ4v) is 2.13. The summed E-state index contributed by atoms with van der Waals surface area (Å²) in [4.78, 5) is 14.3. The van der Waals surface area contributed by atoms with Crippen LogP contribution in [0.4, 0.5) is 5.69 Å². The van der Waals surface area contributed by atoms with E-state index in [0.29, 0.717) is 22.3 Å². The van der Waals surface area contributed by atoms with Crippen molar-refractivity contribution in [2.75, 3.05) is 12.3 Å². The van der Waals surface area contributed by atoms with E-state index < -0.39 is 0 Å². The van der Waals surface area contributed by atoms with Gasteiger partial charge < -0.3 is 10.6 Å². The summed E-state index contributed by atoms with van der Waals surface area (Å²) < 4.78 is 0. The van der Waals surface area contributed by atoms with Crippen LogP contribution in [0.25, 0.3) is 0 Å². The molecule has 17 heavy (non-hydrogen) atoms. The van der Waals surface area contributed by atoms with Gasteiger partial charge in [0.05, 0.1) is 16.3 Å². The molecule has 3 nitrogen and oxygen atoms in total. The standard InChI is InChI=1S/C13H17ClN2O/c1-2-8-16(9-6-7-9)13(17)10-4-3-5-11(14)12(10)15/h3-5,9H,2,6-8,15H2,1H3. The van der Waals surface area contributed by atoms with Crippen LogP contribution in [0.1, 0.15) is 36.5 Å². The van der Waals surface area contributed by atoms with Gasteiger partial charge in [-0.3, -0.25) is 4.79 Å². The maximum atomic E-state index is 12.4. The minimum Gasteiger partial charge on any atom is -0.397 e. The second kappa shape index (κ2) is 4.96. The lowest BCUT2D eigenvalue weighted by Gasteiger charge is -2.22. The monoisotopic (exact) mass is 252 g/mol. The van der Waals surface area contributed by atoms with Crippen molar-refractivity contribution in [1.82, 2.24) is 4.90 Å². The number of rotatable bonds is 4. The summed E-state index contributed by atoms with van der Waals surface area (Å²) >= 11 is 5.94. The number of nitrogens with zero attached hydrogens (tertiary/aromatic N) is 1. The molecule has 0 radical (unpaired) electrons. The van der Waals surface area contributed by atoms with Crippen molar-refractivity contribution in [3.8, 4) is 0 Å². The van der Waals surface area contributed by atoms with Gasteiger partial charge in [0, 0.05) is 12.6 Å². The van der Waals surface area contributed by atoms with E-state index in [0.717, 1.165) is 25.8 Å². The molecule has 0 saturated heterocycles. The number of nitrogens with two attached hydrogens (primary N) is 1. The van der Waals surface area contributed by atoms with Crippen LogP contribution in [0, 0.1) is 0 Å². The Morgan fingerprint density at radius 2 is 2.24 bits per heavy atom. The third kappa shape index (κ3) is 2.55. The third-order valence-corrected chi connectivity index (χ3v) is 3.33. The van der Waals surface area contributed by atoms with Crippen LogP contribution in [-0.2, 0) is 0 Å². The first kappa shape index (κ1) is 12.2. The predicted octanol–water partition coefficient (Wildman–Crippen LogP) is 2.94. The van der Waals surface area contributed by atoms with E-state index >= 15 is 0 Å². The van der Waals surface area contributed by atoms with E-state index in [-0.39, 0.29) is 5.91 Å². The average molecular weight is 253 g/mol. The Morgan fingerprint density at radius 1 is 1.53 bits per heavy atom. The highest BCUT2D eigenvalue weighted by molar-refractivity contribution is 6.33. The van der Waals surface area contributed by atoms with Crippen molar-refractivity contribution in [1.29, 1.82) is 0 Å². The highest BCUT2D eigenvalue weighted by Crippen LogP contribution is 2.30. The molecule has 1 aromatic rings. The molecule has 0 atom stereocenters. The molecule has 1 aliphatic rings. The number of carbonyl (C=O) groups excluding carboxylic acids is 1. The second-order valence-electron chi connectivity index (χ2n) is 4.43. The molecule has 1 aliphatic carbocycles. The lowest BCUT2D eigenvalue weighted by atomic mass is 10.1. The molecule has 0 aromatic heterocycles. The summed E-state index contributed by atoms with van der Waals surface area (Å²) in [6.45, 7) is 2.86. The summed E-state index contributed by atoms with van der Waals surface area (Å²) in [5.41, 5.74) is 6.77. The van der Waals surface area contributed by atoms with Gasteiger partial charge in [-0.25, -0.2) is 0 Å². The van der Waals surface area contributed by atoms with E-state index in [1.54, 1.807) is 18.2 Å². The molecule has 0 aliphatic heterocycles. The van der Waals surface area contributed by atoms with Gasteiger partial charge in [0.25, 0.3) is 5.91 Å². The Kier molecular flexibility index (Phi) is 3.57. The van der Waals surface area contributed by atoms with Gasteiger partial charge in [-0.05, 0) is 31.4 Å². The SMILES string of the molecule is CCCN(C(=O)c1cccc(Cl)c1N)C1CC1. The first-order chi connectivity index (χ1) is 8.15. The minimum atomic E-state index is 0.00866. The number of nitrogen functional groups attached to an aromatic ring is 1. The normalized spacial score (nSPS) is 14.7. The molecule has 0 unspecified atom stereocenters. The highest BCUT2D eigenvalue weighted by atomic mass is 35.5. The smallest absolute Gasteiger partial charge is 0.256 e. The fourth-order valence-electron chi connectivity index (χ4n) is 1.96. The van der Waals surface area contributed by atoms with E-state index in [4.69, 9.17) is 17.3 Å². The highest BCUT2D eigenvalue weighted by Gasteiger charge is 2.33. The Labute approximate surface area is 107 Å². The minimum absolute atomic E-state index is 0.00866. The summed E-state index contributed by atoms with van der Waals surface area (Å²) in [6.07, 6.45) is 3.17. The van der Waals surface area contributed by atoms with Gasteiger partial charge in [-0.2, -0.15) is 0 Å². The molecule has 0 bridgehead atoms. The first-order valence-corrected chi connectivity index (χ1v) is 6.38. The first-order valence-electron chi connectivity index (χ1n) is 6.00. The van der Waals surface area contributed by atoms with Crippen LogP contribution in [-0.4, -0.2) is 23.4 Å². The van der Waals surface area contributed by atoms with E-state index in [1.165, 1.54) is 0 Å². The predicted molar refractivity (Wildman–Crippen MR) is 70.2 cm³/mol. The Morgan fingerprint density at radius 3 is 2.82 bits per heavy atom. The quantitative estimate of drug-likeness (QED) is 0.838. The van der Waals surface area contributed by atoms with Crippen LogP contribution in [0.3, 0.4) is 0 Å². The van der Waals surface area contributed by atoms with Crippen molar-refractivity contribution in [3.63, 3.8) is 0 Å². The number of hydrogen-bond acceptors (Lipinski definition) is 2. The van der Waals surface area contributed by atoms with Crippen molar-refractivity contribution in [3.05, 3.63) is 28.8 Å². The van der Waals surface area contributed by atoms with Crippen LogP contribution in [0.2, 0.25) is 5.02 Å². The number of halogens is 1. The zero-order valence-electron chi connectivity index (χ0n) is 9.95. The van der Waals surface area contributed by atoms with Crippen molar-refractivity contribution in [2.24, 2.45) is 0 Å². The van der Waals surface area contributed by atoms with Crippen LogP contribution in [0.15, 0.2) is 18.2 Å². The van der Waals surface area contributed by atoms with Crippen LogP contribution < -0.4 is 5.73 Å². The number of carbonyl (C=O) groups is 1. The Balaban J connectivity index is 2.25. The van der Waals surface area contributed by atoms with Gasteiger partial charge in [0.1, 0.15) is 0 Å². The molecular formula is C13H17ClN2O. The maximum Gasteiger partial charge on any atom is 0.256 e. The number of amides is 1. The fraction of sp³-hybridized carbons (Fsp3) is 0.462. The molecule has 4 heteroatoms. The second-order valence-corrected chi connectivity index (χ2v) is 4.84. The number of hydrogen-bond donors (Lipinski definition) is 1. The van der Waals surface area contributed by atoms with Crippen LogP contribution in [0.5, 0.6) is 0 Å². The molecule has 0 heterocycles. The number of benzene rings is 1. The third-order valence-electron chi connectivity index (χ3n) is 3.00. The van der Waals surface area contributed by atoms with E-state index in [2.05, 4.69) is 6.92 Å². The Hall–Kier alpha value is -1.22. The van der Waals surface area contributed by atoms with Crippen LogP contribution >= 0.6 is 11.6 Å². The lowest BCUT2D eigenvalue weighted by Crippen LogP contribution is -2.34. The lowest BCUT2D eigenvalue weighted by molar-refractivity contribution is 0.0744. The van der Waals surface area contributed by atoms with Crippen molar-refractivity contribution >= 4 is 23.2 Å². The summed E-state index contributed by atoms with van der Waals surface area (Å²) in [5, 5.41) is 0.447. The molecule has 1 amide bonds. The summed E-state index contributed by atoms with van der Waals surface area (Å²) in [5.74, 6) is 0.00866. The molecule has 0 spiro atoms. The van der Waals surface area contributed by atoms with Gasteiger partial charge in [0.15, 0.2) is 0 Å². The molecule has 92 valence electrons. The largest absolute Gasteiger partial charge is 0.397 e. The summed E-state index contributed by atoms with van der Waals surface area (Å²) in [7, 11) is 0. The molecule has 1 fully saturated rings. The van der Waals surface area contributed by atoms with Gasteiger partial charge >= 0.3 is 0 Å². The average Bonchev–Trinajstić information content (AvgIpc) is 3.13. The van der Waals surface area contributed by atoms with Gasteiger partial charge in [-0.15, -0.1) is 0 Å².